The molecule has 19 heavy (non-hydrogen) atoms. The van der Waals surface area contributed by atoms with Crippen LogP contribution < -0.4 is 10.5 Å². The van der Waals surface area contributed by atoms with Crippen molar-refractivity contribution in [3.8, 4) is 16.9 Å². The van der Waals surface area contributed by atoms with Gasteiger partial charge in [0.1, 0.15) is 5.75 Å². The standard InChI is InChI=1S/C16H18ClNO/c1-10-6-13(7-11(2)16(10)19-3)15-8-14(17)5-4-12(15)9-18/h4-8H,9,18H2,1-3H3. The SMILES string of the molecule is COc1c(C)cc(-c2cc(Cl)ccc2CN)cc1C. The molecule has 0 unspecified atom stereocenters. The van der Waals surface area contributed by atoms with E-state index in [0.717, 1.165) is 38.6 Å². The second-order valence-corrected chi connectivity index (χ2v) is 5.09. The molecule has 0 aliphatic heterocycles. The molecule has 2 aromatic rings. The third-order valence-electron chi connectivity index (χ3n) is 3.27. The van der Waals surface area contributed by atoms with Crippen molar-refractivity contribution < 1.29 is 4.74 Å². The van der Waals surface area contributed by atoms with E-state index >= 15 is 0 Å². The van der Waals surface area contributed by atoms with Gasteiger partial charge in [0.15, 0.2) is 0 Å². The summed E-state index contributed by atoms with van der Waals surface area (Å²) in [5.74, 6) is 0.931. The summed E-state index contributed by atoms with van der Waals surface area (Å²) in [4.78, 5) is 0. The van der Waals surface area contributed by atoms with E-state index < -0.39 is 0 Å². The van der Waals surface area contributed by atoms with Crippen molar-refractivity contribution in [2.75, 3.05) is 7.11 Å². The third-order valence-corrected chi connectivity index (χ3v) is 3.50. The summed E-state index contributed by atoms with van der Waals surface area (Å²) in [6.45, 7) is 4.58. The molecule has 2 aromatic carbocycles. The van der Waals surface area contributed by atoms with Gasteiger partial charge < -0.3 is 10.5 Å². The number of ether oxygens (including phenoxy) is 1. The summed E-state index contributed by atoms with van der Waals surface area (Å²) in [5.41, 5.74) is 11.3. The highest BCUT2D eigenvalue weighted by atomic mass is 35.5. The fourth-order valence-electron chi connectivity index (χ4n) is 2.42. The van der Waals surface area contributed by atoms with Crippen LogP contribution in [0.25, 0.3) is 11.1 Å². The third kappa shape index (κ3) is 2.75. The Balaban J connectivity index is 2.62. The van der Waals surface area contributed by atoms with Crippen LogP contribution in [0.5, 0.6) is 5.75 Å². The monoisotopic (exact) mass is 275 g/mol. The summed E-state index contributed by atoms with van der Waals surface area (Å²) in [5, 5.41) is 0.721. The predicted octanol–water partition coefficient (Wildman–Crippen LogP) is 4.09. The molecule has 0 atom stereocenters. The van der Waals surface area contributed by atoms with Gasteiger partial charge in [-0.05, 0) is 65.9 Å². The first-order chi connectivity index (χ1) is 9.06. The minimum absolute atomic E-state index is 0.497. The first kappa shape index (κ1) is 13.9. The van der Waals surface area contributed by atoms with Crippen molar-refractivity contribution in [3.05, 3.63) is 52.0 Å². The number of benzene rings is 2. The largest absolute Gasteiger partial charge is 0.496 e. The summed E-state index contributed by atoms with van der Waals surface area (Å²) in [6, 6.07) is 10.0. The lowest BCUT2D eigenvalue weighted by Crippen LogP contribution is -2.00. The molecule has 0 aliphatic rings. The Morgan fingerprint density at radius 1 is 1.11 bits per heavy atom. The van der Waals surface area contributed by atoms with Crippen molar-refractivity contribution in [2.24, 2.45) is 5.73 Å². The summed E-state index contributed by atoms with van der Waals surface area (Å²) >= 11 is 6.10. The van der Waals surface area contributed by atoms with Crippen molar-refractivity contribution in [1.82, 2.24) is 0 Å². The van der Waals surface area contributed by atoms with E-state index in [1.165, 1.54) is 0 Å². The van der Waals surface area contributed by atoms with Crippen LogP contribution >= 0.6 is 11.6 Å². The lowest BCUT2D eigenvalue weighted by atomic mass is 9.96. The zero-order valence-corrected chi connectivity index (χ0v) is 12.2. The fourth-order valence-corrected chi connectivity index (χ4v) is 2.60. The molecule has 0 amide bonds. The maximum atomic E-state index is 6.10. The molecule has 0 radical (unpaired) electrons. The smallest absolute Gasteiger partial charge is 0.124 e. The molecular weight excluding hydrogens is 258 g/mol. The normalized spacial score (nSPS) is 10.6. The van der Waals surface area contributed by atoms with E-state index in [9.17, 15) is 0 Å². The van der Waals surface area contributed by atoms with Gasteiger partial charge in [-0.1, -0.05) is 17.7 Å². The van der Waals surface area contributed by atoms with E-state index in [0.29, 0.717) is 6.54 Å². The summed E-state index contributed by atoms with van der Waals surface area (Å²) < 4.78 is 5.40. The minimum Gasteiger partial charge on any atom is -0.496 e. The first-order valence-corrected chi connectivity index (χ1v) is 6.58. The molecule has 2 nitrogen and oxygen atoms in total. The van der Waals surface area contributed by atoms with Gasteiger partial charge in [-0.2, -0.15) is 0 Å². The Hall–Kier alpha value is -1.51. The van der Waals surface area contributed by atoms with Gasteiger partial charge in [0, 0.05) is 11.6 Å². The second kappa shape index (κ2) is 5.64. The number of rotatable bonds is 3. The van der Waals surface area contributed by atoms with Crippen LogP contribution in [0.2, 0.25) is 5.02 Å². The van der Waals surface area contributed by atoms with Crippen LogP contribution in [0, 0.1) is 13.8 Å². The van der Waals surface area contributed by atoms with Gasteiger partial charge in [-0.25, -0.2) is 0 Å². The van der Waals surface area contributed by atoms with Crippen LogP contribution in [0.1, 0.15) is 16.7 Å². The zero-order chi connectivity index (χ0) is 14.0. The number of nitrogens with two attached hydrogens (primary N) is 1. The minimum atomic E-state index is 0.497. The first-order valence-electron chi connectivity index (χ1n) is 6.21. The molecule has 0 bridgehead atoms. The number of aryl methyl sites for hydroxylation is 2. The van der Waals surface area contributed by atoms with Crippen LogP contribution in [-0.2, 0) is 6.54 Å². The summed E-state index contributed by atoms with van der Waals surface area (Å²) in [7, 11) is 1.69. The maximum Gasteiger partial charge on any atom is 0.124 e. The lowest BCUT2D eigenvalue weighted by molar-refractivity contribution is 0.408. The number of hydrogen-bond acceptors (Lipinski definition) is 2. The molecule has 0 aliphatic carbocycles. The van der Waals surface area contributed by atoms with Crippen LogP contribution in [0.4, 0.5) is 0 Å². The number of hydrogen-bond donors (Lipinski definition) is 1. The molecule has 0 spiro atoms. The van der Waals surface area contributed by atoms with Crippen molar-refractivity contribution in [3.63, 3.8) is 0 Å². The zero-order valence-electron chi connectivity index (χ0n) is 11.5. The lowest BCUT2D eigenvalue weighted by Gasteiger charge is -2.14. The molecule has 2 N–H and O–H groups in total. The Morgan fingerprint density at radius 2 is 1.74 bits per heavy atom. The van der Waals surface area contributed by atoms with Gasteiger partial charge in [-0.3, -0.25) is 0 Å². The average molecular weight is 276 g/mol. The average Bonchev–Trinajstić information content (AvgIpc) is 2.38. The molecule has 0 fully saturated rings. The van der Waals surface area contributed by atoms with Crippen LogP contribution in [-0.4, -0.2) is 7.11 Å². The van der Waals surface area contributed by atoms with Gasteiger partial charge in [0.25, 0.3) is 0 Å². The highest BCUT2D eigenvalue weighted by Crippen LogP contribution is 2.32. The van der Waals surface area contributed by atoms with Crippen LogP contribution in [0.15, 0.2) is 30.3 Å². The van der Waals surface area contributed by atoms with E-state index in [1.807, 2.05) is 32.0 Å². The Labute approximate surface area is 119 Å². The molecule has 0 saturated heterocycles. The molecular formula is C16H18ClNO. The fraction of sp³-hybridized carbons (Fsp3) is 0.250. The summed E-state index contributed by atoms with van der Waals surface area (Å²) in [6.07, 6.45) is 0. The maximum absolute atomic E-state index is 6.10. The van der Waals surface area contributed by atoms with Crippen LogP contribution in [0.3, 0.4) is 0 Å². The van der Waals surface area contributed by atoms with Crippen molar-refractivity contribution in [2.45, 2.75) is 20.4 Å². The van der Waals surface area contributed by atoms with Gasteiger partial charge in [0.05, 0.1) is 7.11 Å². The number of methoxy groups -OCH3 is 1. The van der Waals surface area contributed by atoms with E-state index in [4.69, 9.17) is 22.1 Å². The quantitative estimate of drug-likeness (QED) is 0.916. The molecule has 3 heteroatoms. The molecule has 0 aromatic heterocycles. The van der Waals surface area contributed by atoms with E-state index in [2.05, 4.69) is 12.1 Å². The highest BCUT2D eigenvalue weighted by Gasteiger charge is 2.10. The van der Waals surface area contributed by atoms with E-state index in [-0.39, 0.29) is 0 Å². The van der Waals surface area contributed by atoms with Crippen molar-refractivity contribution in [1.29, 1.82) is 0 Å². The topological polar surface area (TPSA) is 35.2 Å². The number of halogens is 1. The van der Waals surface area contributed by atoms with Crippen molar-refractivity contribution >= 4 is 11.6 Å². The molecule has 100 valence electrons. The Morgan fingerprint density at radius 3 is 2.26 bits per heavy atom. The molecule has 2 rings (SSSR count). The second-order valence-electron chi connectivity index (χ2n) is 4.65. The van der Waals surface area contributed by atoms with Gasteiger partial charge in [0.2, 0.25) is 0 Å². The highest BCUT2D eigenvalue weighted by molar-refractivity contribution is 6.30. The molecule has 0 heterocycles. The van der Waals surface area contributed by atoms with Gasteiger partial charge >= 0.3 is 0 Å². The predicted molar refractivity (Wildman–Crippen MR) is 80.8 cm³/mol. The van der Waals surface area contributed by atoms with E-state index in [1.54, 1.807) is 7.11 Å². The van der Waals surface area contributed by atoms with Gasteiger partial charge in [-0.15, -0.1) is 0 Å². The Bertz CT molecular complexity index is 585. The Kier molecular flexibility index (Phi) is 4.13. The molecule has 0 saturated carbocycles.